The van der Waals surface area contributed by atoms with Gasteiger partial charge in [-0.2, -0.15) is 0 Å². The first kappa shape index (κ1) is 17.4. The Labute approximate surface area is 112 Å². The molecule has 18 heavy (non-hydrogen) atoms. The molecule has 0 aliphatic rings. The van der Waals surface area contributed by atoms with E-state index in [2.05, 4.69) is 0 Å². The number of allylic oxidation sites excluding steroid dienone is 1. The molecular weight excluding hydrogens is 266 g/mol. The summed E-state index contributed by atoms with van der Waals surface area (Å²) in [7, 11) is -2.43. The second-order valence-electron chi connectivity index (χ2n) is 5.83. The van der Waals surface area contributed by atoms with Crippen molar-refractivity contribution in [2.45, 2.75) is 46.2 Å². The van der Waals surface area contributed by atoms with E-state index in [1.165, 1.54) is 12.3 Å². The van der Waals surface area contributed by atoms with Crippen LogP contribution in [0.2, 0.25) is 39.3 Å². The van der Waals surface area contributed by atoms with Crippen molar-refractivity contribution >= 4 is 22.6 Å². The zero-order valence-corrected chi connectivity index (χ0v) is 14.7. The number of hydrogen-bond donors (Lipinski definition) is 0. The van der Waals surface area contributed by atoms with Gasteiger partial charge in [-0.1, -0.05) is 6.08 Å². The van der Waals surface area contributed by atoms with Crippen molar-refractivity contribution in [3.05, 3.63) is 11.8 Å². The minimum atomic E-state index is -1.88. The van der Waals surface area contributed by atoms with Gasteiger partial charge in [0.05, 0.1) is 7.11 Å². The molecule has 0 fully saturated rings. The van der Waals surface area contributed by atoms with Gasteiger partial charge in [-0.15, -0.1) is 5.23 Å². The minimum Gasteiger partial charge on any atom is -0.464 e. The molecule has 0 aromatic carbocycles. The summed E-state index contributed by atoms with van der Waals surface area (Å²) in [5.74, 6) is -0.464. The fraction of sp³-hybridized carbons (Fsp3) is 0.727. The highest BCUT2D eigenvalue weighted by molar-refractivity contribution is 6.70. The molecule has 0 rings (SSSR count). The van der Waals surface area contributed by atoms with Gasteiger partial charge in [-0.25, -0.2) is 4.79 Å². The number of hydroxylamine groups is 2. The van der Waals surface area contributed by atoms with Crippen LogP contribution in [0.3, 0.4) is 0 Å². The van der Waals surface area contributed by atoms with Crippen LogP contribution in [0.1, 0.15) is 6.92 Å². The van der Waals surface area contributed by atoms with Gasteiger partial charge in [0.1, 0.15) is 0 Å². The third-order valence-corrected chi connectivity index (χ3v) is 3.01. The molecule has 0 spiro atoms. The number of carbonyl (C=O) groups is 1. The van der Waals surface area contributed by atoms with Crippen LogP contribution >= 0.6 is 0 Å². The summed E-state index contributed by atoms with van der Waals surface area (Å²) in [5.41, 5.74) is 0.280. The van der Waals surface area contributed by atoms with E-state index >= 15 is 0 Å². The maximum Gasteiger partial charge on any atom is 0.359 e. The van der Waals surface area contributed by atoms with Gasteiger partial charge < -0.3 is 4.74 Å². The van der Waals surface area contributed by atoms with Crippen molar-refractivity contribution in [1.82, 2.24) is 5.23 Å². The molecule has 0 aliphatic carbocycles. The van der Waals surface area contributed by atoms with Gasteiger partial charge in [-0.3, -0.25) is 9.05 Å². The summed E-state index contributed by atoms with van der Waals surface area (Å²) in [6, 6.07) is 0. The standard InChI is InChI=1S/C11H25NO4Si2/c1-9-10(11(13)14-2)12(15-17(3,4)5)16-18(6,7)8/h9H,1-8H3/b10-9+. The van der Waals surface area contributed by atoms with Gasteiger partial charge in [0, 0.05) is 0 Å². The molecule has 0 radical (unpaired) electrons. The highest BCUT2D eigenvalue weighted by atomic mass is 28.4. The molecule has 0 aromatic rings. The zero-order valence-electron chi connectivity index (χ0n) is 12.7. The quantitative estimate of drug-likeness (QED) is 0.326. The maximum atomic E-state index is 11.7. The lowest BCUT2D eigenvalue weighted by Crippen LogP contribution is -2.44. The number of methoxy groups -OCH3 is 1. The molecule has 0 unspecified atom stereocenters. The predicted molar refractivity (Wildman–Crippen MR) is 76.5 cm³/mol. The van der Waals surface area contributed by atoms with Crippen LogP contribution in [-0.4, -0.2) is 34.9 Å². The molecule has 0 bridgehead atoms. The minimum absolute atomic E-state index is 0.280. The Morgan fingerprint density at radius 3 is 1.61 bits per heavy atom. The summed E-state index contributed by atoms with van der Waals surface area (Å²) >= 11 is 0. The number of ether oxygens (including phenoxy) is 1. The zero-order chi connectivity index (χ0) is 14.6. The third-order valence-electron chi connectivity index (χ3n) is 1.58. The SMILES string of the molecule is C/C=C(\C(=O)OC)N(O[Si](C)(C)C)O[Si](C)(C)C. The lowest BCUT2D eigenvalue weighted by atomic mass is 10.4. The van der Waals surface area contributed by atoms with Crippen LogP contribution in [0.4, 0.5) is 0 Å². The lowest BCUT2D eigenvalue weighted by Gasteiger charge is -2.34. The van der Waals surface area contributed by atoms with Crippen molar-refractivity contribution in [1.29, 1.82) is 0 Å². The van der Waals surface area contributed by atoms with E-state index in [1.54, 1.807) is 13.0 Å². The van der Waals surface area contributed by atoms with Crippen molar-refractivity contribution in [2.75, 3.05) is 7.11 Å². The number of nitrogens with zero attached hydrogens (tertiary/aromatic N) is 1. The van der Waals surface area contributed by atoms with Crippen molar-refractivity contribution < 1.29 is 18.6 Å². The second kappa shape index (κ2) is 6.51. The predicted octanol–water partition coefficient (Wildman–Crippen LogP) is 2.90. The fourth-order valence-corrected chi connectivity index (χ4v) is 2.36. The Hall–Kier alpha value is -0.636. The van der Waals surface area contributed by atoms with Gasteiger partial charge >= 0.3 is 5.97 Å². The van der Waals surface area contributed by atoms with Crippen LogP contribution in [0, 0.1) is 0 Å². The number of hydrogen-bond acceptors (Lipinski definition) is 5. The molecule has 7 heteroatoms. The summed E-state index contributed by atoms with van der Waals surface area (Å²) in [4.78, 5) is 11.7. The van der Waals surface area contributed by atoms with Crippen LogP contribution in [0.15, 0.2) is 11.8 Å². The number of carbonyl (C=O) groups excluding carboxylic acids is 1. The normalized spacial score (nSPS) is 13.4. The van der Waals surface area contributed by atoms with Gasteiger partial charge in [0.2, 0.25) is 16.6 Å². The highest BCUT2D eigenvalue weighted by Gasteiger charge is 2.30. The van der Waals surface area contributed by atoms with E-state index in [-0.39, 0.29) is 5.70 Å². The number of rotatable bonds is 6. The van der Waals surface area contributed by atoms with Crippen LogP contribution in [-0.2, 0) is 18.6 Å². The first-order valence-corrected chi connectivity index (χ1v) is 12.7. The van der Waals surface area contributed by atoms with E-state index in [4.69, 9.17) is 13.8 Å². The average Bonchev–Trinajstić information content (AvgIpc) is 2.13. The molecule has 0 saturated heterocycles. The van der Waals surface area contributed by atoms with Crippen LogP contribution in [0.5, 0.6) is 0 Å². The van der Waals surface area contributed by atoms with Crippen molar-refractivity contribution in [3.8, 4) is 0 Å². The topological polar surface area (TPSA) is 48.0 Å². The van der Waals surface area contributed by atoms with Crippen molar-refractivity contribution in [2.24, 2.45) is 0 Å². The molecule has 0 atom stereocenters. The molecule has 0 N–H and O–H groups in total. The van der Waals surface area contributed by atoms with Gasteiger partial charge in [-0.05, 0) is 46.2 Å². The second-order valence-corrected chi connectivity index (χ2v) is 14.6. The van der Waals surface area contributed by atoms with E-state index in [1.807, 2.05) is 39.3 Å². The smallest absolute Gasteiger partial charge is 0.359 e. The average molecular weight is 291 g/mol. The first-order chi connectivity index (χ1) is 8.00. The van der Waals surface area contributed by atoms with Gasteiger partial charge in [0.15, 0.2) is 5.70 Å². The van der Waals surface area contributed by atoms with Crippen LogP contribution in [0.25, 0.3) is 0 Å². The number of esters is 1. The summed E-state index contributed by atoms with van der Waals surface area (Å²) in [5, 5.41) is 1.25. The Bertz CT molecular complexity index is 302. The molecule has 0 aliphatic heterocycles. The lowest BCUT2D eigenvalue weighted by molar-refractivity contribution is -0.245. The maximum absolute atomic E-state index is 11.7. The van der Waals surface area contributed by atoms with Gasteiger partial charge in [0.25, 0.3) is 0 Å². The fourth-order valence-electron chi connectivity index (χ4n) is 1.02. The molecule has 0 amide bonds. The Morgan fingerprint density at radius 2 is 1.39 bits per heavy atom. The molecule has 0 saturated carbocycles. The molecule has 5 nitrogen and oxygen atoms in total. The first-order valence-electron chi connectivity index (χ1n) is 5.93. The van der Waals surface area contributed by atoms with E-state index in [9.17, 15) is 4.79 Å². The molecule has 0 heterocycles. The van der Waals surface area contributed by atoms with E-state index in [0.717, 1.165) is 0 Å². The third kappa shape index (κ3) is 6.95. The summed E-state index contributed by atoms with van der Waals surface area (Å²) < 4.78 is 16.3. The monoisotopic (exact) mass is 291 g/mol. The summed E-state index contributed by atoms with van der Waals surface area (Å²) in [6.07, 6.45) is 1.63. The van der Waals surface area contributed by atoms with Crippen molar-refractivity contribution in [3.63, 3.8) is 0 Å². The molecule has 0 aromatic heterocycles. The summed E-state index contributed by atoms with van der Waals surface area (Å²) in [6.45, 7) is 13.9. The van der Waals surface area contributed by atoms with E-state index < -0.39 is 22.6 Å². The Morgan fingerprint density at radius 1 is 1.00 bits per heavy atom. The Balaban J connectivity index is 5.13. The van der Waals surface area contributed by atoms with Crippen LogP contribution < -0.4 is 0 Å². The highest BCUT2D eigenvalue weighted by Crippen LogP contribution is 2.18. The molecule has 106 valence electrons. The molecular formula is C11H25NO4Si2. The largest absolute Gasteiger partial charge is 0.464 e. The van der Waals surface area contributed by atoms with E-state index in [0.29, 0.717) is 0 Å². The Kier molecular flexibility index (Phi) is 6.28.